The van der Waals surface area contributed by atoms with Crippen LogP contribution in [0.2, 0.25) is 0 Å². The van der Waals surface area contributed by atoms with E-state index in [4.69, 9.17) is 11.6 Å². The van der Waals surface area contributed by atoms with E-state index in [1.54, 1.807) is 18.2 Å². The van der Waals surface area contributed by atoms with Crippen LogP contribution in [-0.4, -0.2) is 34.4 Å². The van der Waals surface area contributed by atoms with Gasteiger partial charge in [-0.3, -0.25) is 4.79 Å². The van der Waals surface area contributed by atoms with Crippen LogP contribution in [0.25, 0.3) is 0 Å². The normalized spacial score (nSPS) is 15.7. The minimum absolute atomic E-state index is 0.0325. The molecule has 1 aliphatic carbocycles. The molecule has 0 aliphatic heterocycles. The second-order valence-corrected chi connectivity index (χ2v) is 5.50. The van der Waals surface area contributed by atoms with Crippen LogP contribution >= 0.6 is 11.6 Å². The molecule has 19 heavy (non-hydrogen) atoms. The fourth-order valence-corrected chi connectivity index (χ4v) is 2.98. The predicted molar refractivity (Wildman–Crippen MR) is 76.9 cm³/mol. The third-order valence-corrected chi connectivity index (χ3v) is 3.96. The number of hydrogen-bond donors (Lipinski definition) is 1. The summed E-state index contributed by atoms with van der Waals surface area (Å²) in [6.07, 6.45) is 4.51. The molecule has 0 heterocycles. The average Bonchev–Trinajstić information content (AvgIpc) is 2.89. The van der Waals surface area contributed by atoms with Crippen molar-refractivity contribution in [2.24, 2.45) is 0 Å². The highest BCUT2D eigenvalue weighted by atomic mass is 35.5. The predicted octanol–water partition coefficient (Wildman–Crippen LogP) is 3.32. The molecule has 4 heteroatoms. The Morgan fingerprint density at radius 3 is 2.68 bits per heavy atom. The van der Waals surface area contributed by atoms with E-state index in [1.807, 2.05) is 11.8 Å². The summed E-state index contributed by atoms with van der Waals surface area (Å²) in [6, 6.07) is 5.21. The first kappa shape index (κ1) is 14.2. The van der Waals surface area contributed by atoms with Gasteiger partial charge in [0.1, 0.15) is 5.75 Å². The number of halogens is 1. The lowest BCUT2D eigenvalue weighted by Crippen LogP contribution is -2.40. The first-order valence-electron chi connectivity index (χ1n) is 6.80. The molecule has 0 aromatic heterocycles. The number of aromatic hydroxyl groups is 1. The lowest BCUT2D eigenvalue weighted by atomic mass is 10.1. The van der Waals surface area contributed by atoms with E-state index >= 15 is 0 Å². The zero-order chi connectivity index (χ0) is 13.8. The highest BCUT2D eigenvalue weighted by Crippen LogP contribution is 2.26. The number of phenolic OH excluding ortho intramolecular Hbond substituents is 1. The molecule has 1 saturated carbocycles. The molecule has 2 rings (SSSR count). The smallest absolute Gasteiger partial charge is 0.254 e. The Morgan fingerprint density at radius 2 is 2.11 bits per heavy atom. The van der Waals surface area contributed by atoms with Crippen molar-refractivity contribution in [1.82, 2.24) is 4.90 Å². The second-order valence-electron chi connectivity index (χ2n) is 5.13. The summed E-state index contributed by atoms with van der Waals surface area (Å²) >= 11 is 5.84. The van der Waals surface area contributed by atoms with Crippen molar-refractivity contribution in [2.45, 2.75) is 38.6 Å². The van der Waals surface area contributed by atoms with E-state index in [1.165, 1.54) is 12.8 Å². The first-order valence-corrected chi connectivity index (χ1v) is 7.33. The maximum Gasteiger partial charge on any atom is 0.254 e. The van der Waals surface area contributed by atoms with Gasteiger partial charge in [0.2, 0.25) is 0 Å². The highest BCUT2D eigenvalue weighted by molar-refractivity contribution is 6.18. The molecule has 0 atom stereocenters. The van der Waals surface area contributed by atoms with Gasteiger partial charge in [-0.1, -0.05) is 12.8 Å². The number of nitrogens with zero attached hydrogens (tertiary/aromatic N) is 1. The number of benzene rings is 1. The maximum absolute atomic E-state index is 12.6. The molecule has 1 aliphatic rings. The number of phenols is 1. The zero-order valence-electron chi connectivity index (χ0n) is 11.2. The van der Waals surface area contributed by atoms with Gasteiger partial charge < -0.3 is 10.0 Å². The maximum atomic E-state index is 12.6. The van der Waals surface area contributed by atoms with Crippen molar-refractivity contribution in [1.29, 1.82) is 0 Å². The van der Waals surface area contributed by atoms with Gasteiger partial charge in [-0.05, 0) is 43.5 Å². The molecule has 0 bridgehead atoms. The molecule has 1 fully saturated rings. The molecule has 0 saturated heterocycles. The highest BCUT2D eigenvalue weighted by Gasteiger charge is 2.27. The topological polar surface area (TPSA) is 40.5 Å². The summed E-state index contributed by atoms with van der Waals surface area (Å²) in [5.41, 5.74) is 1.47. The van der Waals surface area contributed by atoms with Gasteiger partial charge in [0.15, 0.2) is 0 Å². The summed E-state index contributed by atoms with van der Waals surface area (Å²) in [5, 5.41) is 9.43. The lowest BCUT2D eigenvalue weighted by Gasteiger charge is -2.29. The second kappa shape index (κ2) is 6.29. The number of carbonyl (C=O) groups is 1. The van der Waals surface area contributed by atoms with Gasteiger partial charge in [0, 0.05) is 24.0 Å². The van der Waals surface area contributed by atoms with E-state index in [9.17, 15) is 9.90 Å². The van der Waals surface area contributed by atoms with Gasteiger partial charge in [-0.25, -0.2) is 0 Å². The molecule has 0 unspecified atom stereocenters. The molecular formula is C15H20ClNO2. The minimum atomic E-state index is 0.0325. The summed E-state index contributed by atoms with van der Waals surface area (Å²) < 4.78 is 0. The summed E-state index contributed by atoms with van der Waals surface area (Å²) in [6.45, 7) is 2.44. The third-order valence-electron chi connectivity index (χ3n) is 3.79. The number of amides is 1. The average molecular weight is 282 g/mol. The minimum Gasteiger partial charge on any atom is -0.508 e. The Hall–Kier alpha value is -1.22. The molecule has 0 radical (unpaired) electrons. The molecule has 1 N–H and O–H groups in total. The van der Waals surface area contributed by atoms with Gasteiger partial charge in [0.05, 0.1) is 0 Å². The van der Waals surface area contributed by atoms with Crippen LogP contribution < -0.4 is 0 Å². The van der Waals surface area contributed by atoms with Crippen LogP contribution in [-0.2, 0) is 0 Å². The summed E-state index contributed by atoms with van der Waals surface area (Å²) in [5.74, 6) is 0.684. The van der Waals surface area contributed by atoms with Crippen LogP contribution in [0.1, 0.15) is 41.6 Å². The number of aryl methyl sites for hydroxylation is 1. The van der Waals surface area contributed by atoms with Crippen molar-refractivity contribution < 1.29 is 9.90 Å². The molecular weight excluding hydrogens is 262 g/mol. The van der Waals surface area contributed by atoms with Gasteiger partial charge in [-0.15, -0.1) is 11.6 Å². The van der Waals surface area contributed by atoms with Crippen LogP contribution in [0.5, 0.6) is 5.75 Å². The molecule has 1 amide bonds. The SMILES string of the molecule is Cc1cc(O)ccc1C(=O)N(CCCl)C1CCCC1. The van der Waals surface area contributed by atoms with Crippen LogP contribution in [0.4, 0.5) is 0 Å². The fraction of sp³-hybridized carbons (Fsp3) is 0.533. The van der Waals surface area contributed by atoms with Gasteiger partial charge in [-0.2, -0.15) is 0 Å². The van der Waals surface area contributed by atoms with Crippen LogP contribution in [0, 0.1) is 6.92 Å². The standard InChI is InChI=1S/C15H20ClNO2/c1-11-10-13(18)6-7-14(11)15(19)17(9-8-16)12-4-2-3-5-12/h6-7,10,12,18H,2-5,8-9H2,1H3. The van der Waals surface area contributed by atoms with E-state index in [-0.39, 0.29) is 11.7 Å². The van der Waals surface area contributed by atoms with Gasteiger partial charge >= 0.3 is 0 Å². The molecule has 0 spiro atoms. The Morgan fingerprint density at radius 1 is 1.42 bits per heavy atom. The van der Waals surface area contributed by atoms with Crippen LogP contribution in [0.15, 0.2) is 18.2 Å². The van der Waals surface area contributed by atoms with E-state index in [2.05, 4.69) is 0 Å². The number of carbonyl (C=O) groups excluding carboxylic acids is 1. The molecule has 3 nitrogen and oxygen atoms in total. The lowest BCUT2D eigenvalue weighted by molar-refractivity contribution is 0.0694. The molecule has 1 aromatic rings. The van der Waals surface area contributed by atoms with Crippen molar-refractivity contribution in [3.05, 3.63) is 29.3 Å². The van der Waals surface area contributed by atoms with Crippen molar-refractivity contribution >= 4 is 17.5 Å². The quantitative estimate of drug-likeness (QED) is 0.860. The van der Waals surface area contributed by atoms with E-state index in [0.717, 1.165) is 18.4 Å². The van der Waals surface area contributed by atoms with E-state index < -0.39 is 0 Å². The number of alkyl halides is 1. The largest absolute Gasteiger partial charge is 0.508 e. The fourth-order valence-electron chi connectivity index (χ4n) is 2.80. The zero-order valence-corrected chi connectivity index (χ0v) is 12.0. The number of hydrogen-bond acceptors (Lipinski definition) is 2. The van der Waals surface area contributed by atoms with E-state index in [0.29, 0.717) is 24.0 Å². The number of rotatable bonds is 4. The Labute approximate surface area is 119 Å². The Kier molecular flexibility index (Phi) is 4.70. The Balaban J connectivity index is 2.22. The van der Waals surface area contributed by atoms with Crippen molar-refractivity contribution in [3.8, 4) is 5.75 Å². The monoisotopic (exact) mass is 281 g/mol. The van der Waals surface area contributed by atoms with Crippen molar-refractivity contribution in [3.63, 3.8) is 0 Å². The molecule has 104 valence electrons. The summed E-state index contributed by atoms with van der Waals surface area (Å²) in [4.78, 5) is 14.5. The Bertz CT molecular complexity index is 455. The van der Waals surface area contributed by atoms with Crippen LogP contribution in [0.3, 0.4) is 0 Å². The van der Waals surface area contributed by atoms with Crippen molar-refractivity contribution in [2.75, 3.05) is 12.4 Å². The molecule has 1 aromatic carbocycles. The third kappa shape index (κ3) is 3.21. The first-order chi connectivity index (χ1) is 9.13. The van der Waals surface area contributed by atoms with Gasteiger partial charge in [0.25, 0.3) is 5.91 Å². The summed E-state index contributed by atoms with van der Waals surface area (Å²) in [7, 11) is 0.